The van der Waals surface area contributed by atoms with Gasteiger partial charge in [0.25, 0.3) is 5.91 Å². The van der Waals surface area contributed by atoms with Gasteiger partial charge in [0.05, 0.1) is 17.8 Å². The van der Waals surface area contributed by atoms with Crippen molar-refractivity contribution >= 4 is 22.5 Å². The number of carbonyl (C=O) groups is 1. The first-order valence-corrected chi connectivity index (χ1v) is 8.60. The average Bonchev–Trinajstić information content (AvgIpc) is 2.98. The van der Waals surface area contributed by atoms with Crippen LogP contribution in [0.15, 0.2) is 48.5 Å². The molecule has 0 spiro atoms. The molecule has 0 atom stereocenters. The van der Waals surface area contributed by atoms with Crippen LogP contribution in [0.25, 0.3) is 10.9 Å². The molecule has 0 fully saturated rings. The summed E-state index contributed by atoms with van der Waals surface area (Å²) >= 11 is 0. The van der Waals surface area contributed by atoms with Gasteiger partial charge in [0.2, 0.25) is 0 Å². The number of aromatic nitrogens is 2. The Labute approximate surface area is 148 Å². The Bertz CT molecular complexity index is 865. The minimum absolute atomic E-state index is 0.0839. The third kappa shape index (κ3) is 3.65. The summed E-state index contributed by atoms with van der Waals surface area (Å²) in [6, 6.07) is 15.7. The van der Waals surface area contributed by atoms with Crippen LogP contribution in [0.2, 0.25) is 0 Å². The summed E-state index contributed by atoms with van der Waals surface area (Å²) in [5.74, 6) is -0.0839. The second-order valence-electron chi connectivity index (χ2n) is 6.31. The quantitative estimate of drug-likeness (QED) is 0.750. The lowest BCUT2D eigenvalue weighted by atomic mass is 10.1. The number of hydrogen-bond acceptors (Lipinski definition) is 3. The lowest BCUT2D eigenvalue weighted by Gasteiger charge is -2.12. The van der Waals surface area contributed by atoms with Crippen molar-refractivity contribution in [3.63, 3.8) is 0 Å². The maximum Gasteiger partial charge on any atom is 0.251 e. The van der Waals surface area contributed by atoms with E-state index in [0.29, 0.717) is 12.1 Å². The molecule has 3 rings (SSSR count). The van der Waals surface area contributed by atoms with Gasteiger partial charge in [-0.3, -0.25) is 9.48 Å². The zero-order valence-corrected chi connectivity index (χ0v) is 15.0. The van der Waals surface area contributed by atoms with Crippen molar-refractivity contribution < 1.29 is 4.79 Å². The third-order valence-corrected chi connectivity index (χ3v) is 4.23. The van der Waals surface area contributed by atoms with Crippen LogP contribution in [0.4, 0.5) is 5.69 Å². The number of fused-ring (bicyclic) bond motifs is 1. The molecule has 0 radical (unpaired) electrons. The molecule has 0 aliphatic carbocycles. The standard InChI is InChI=1S/C20H24N4O/c1-4-13-24-19-8-6-5-7-17(19)18(22-24)14-21-20(25)15-9-11-16(12-10-15)23(2)3/h5-12H,4,13-14H2,1-3H3,(H,21,25). The van der Waals surface area contributed by atoms with Crippen LogP contribution in [0.1, 0.15) is 29.4 Å². The molecule has 25 heavy (non-hydrogen) atoms. The van der Waals surface area contributed by atoms with Crippen LogP contribution in [-0.4, -0.2) is 29.8 Å². The second kappa shape index (κ2) is 7.38. The van der Waals surface area contributed by atoms with Crippen molar-refractivity contribution in [2.75, 3.05) is 19.0 Å². The molecule has 0 aliphatic rings. The number of nitrogens with one attached hydrogen (secondary N) is 1. The number of para-hydroxylation sites is 1. The Hall–Kier alpha value is -2.82. The van der Waals surface area contributed by atoms with Crippen LogP contribution in [-0.2, 0) is 13.1 Å². The molecule has 0 unspecified atom stereocenters. The molecule has 0 saturated carbocycles. The highest BCUT2D eigenvalue weighted by atomic mass is 16.1. The Morgan fingerprint density at radius 3 is 2.52 bits per heavy atom. The Morgan fingerprint density at radius 2 is 1.84 bits per heavy atom. The highest BCUT2D eigenvalue weighted by Crippen LogP contribution is 2.19. The summed E-state index contributed by atoms with van der Waals surface area (Å²) in [4.78, 5) is 14.4. The van der Waals surface area contributed by atoms with E-state index in [1.54, 1.807) is 0 Å². The minimum atomic E-state index is -0.0839. The van der Waals surface area contributed by atoms with Crippen LogP contribution < -0.4 is 10.2 Å². The highest BCUT2D eigenvalue weighted by molar-refractivity contribution is 5.94. The smallest absolute Gasteiger partial charge is 0.251 e. The SMILES string of the molecule is CCCn1nc(CNC(=O)c2ccc(N(C)C)cc2)c2ccccc21. The van der Waals surface area contributed by atoms with E-state index >= 15 is 0 Å². The molecule has 1 amide bonds. The van der Waals surface area contributed by atoms with Gasteiger partial charge in [0.15, 0.2) is 0 Å². The Kier molecular flexibility index (Phi) is 5.03. The fourth-order valence-corrected chi connectivity index (χ4v) is 2.89. The fraction of sp³-hybridized carbons (Fsp3) is 0.300. The molecule has 0 bridgehead atoms. The molecule has 0 aliphatic heterocycles. The van der Waals surface area contributed by atoms with E-state index in [9.17, 15) is 4.79 Å². The second-order valence-corrected chi connectivity index (χ2v) is 6.31. The van der Waals surface area contributed by atoms with Gasteiger partial charge in [-0.05, 0) is 36.8 Å². The molecule has 3 aromatic rings. The summed E-state index contributed by atoms with van der Waals surface area (Å²) in [5, 5.41) is 8.76. The summed E-state index contributed by atoms with van der Waals surface area (Å²) in [7, 11) is 3.96. The number of anilines is 1. The van der Waals surface area contributed by atoms with Crippen LogP contribution in [0.5, 0.6) is 0 Å². The van der Waals surface area contributed by atoms with Crippen LogP contribution in [0, 0.1) is 0 Å². The van der Waals surface area contributed by atoms with E-state index in [-0.39, 0.29) is 5.91 Å². The van der Waals surface area contributed by atoms with E-state index < -0.39 is 0 Å². The largest absolute Gasteiger partial charge is 0.378 e. The minimum Gasteiger partial charge on any atom is -0.378 e. The Morgan fingerprint density at radius 1 is 1.12 bits per heavy atom. The monoisotopic (exact) mass is 336 g/mol. The summed E-state index contributed by atoms with van der Waals surface area (Å²) in [6.07, 6.45) is 1.02. The van der Waals surface area contributed by atoms with Crippen molar-refractivity contribution in [2.45, 2.75) is 26.4 Å². The zero-order chi connectivity index (χ0) is 17.8. The van der Waals surface area contributed by atoms with Gasteiger partial charge in [0.1, 0.15) is 0 Å². The molecule has 5 nitrogen and oxygen atoms in total. The fourth-order valence-electron chi connectivity index (χ4n) is 2.89. The molecule has 1 aromatic heterocycles. The van der Waals surface area contributed by atoms with Crippen LogP contribution in [0.3, 0.4) is 0 Å². The average molecular weight is 336 g/mol. The van der Waals surface area contributed by atoms with Crippen LogP contribution >= 0.6 is 0 Å². The first-order chi connectivity index (χ1) is 12.1. The predicted octanol–water partition coefficient (Wildman–Crippen LogP) is 3.44. The van der Waals surface area contributed by atoms with Gasteiger partial charge in [-0.25, -0.2) is 0 Å². The number of hydrogen-bond donors (Lipinski definition) is 1. The normalized spacial score (nSPS) is 10.8. The van der Waals surface area contributed by atoms with Gasteiger partial charge in [-0.1, -0.05) is 25.1 Å². The van der Waals surface area contributed by atoms with Crippen molar-refractivity contribution in [2.24, 2.45) is 0 Å². The topological polar surface area (TPSA) is 50.2 Å². The van der Waals surface area contributed by atoms with E-state index in [4.69, 9.17) is 0 Å². The lowest BCUT2D eigenvalue weighted by molar-refractivity contribution is 0.0950. The molecule has 130 valence electrons. The number of amides is 1. The molecule has 5 heteroatoms. The van der Waals surface area contributed by atoms with E-state index in [1.165, 1.54) is 0 Å². The molecule has 0 saturated heterocycles. The van der Waals surface area contributed by atoms with Gasteiger partial charge in [0, 0.05) is 37.3 Å². The molecule has 1 heterocycles. The van der Waals surface area contributed by atoms with Crippen molar-refractivity contribution in [1.29, 1.82) is 0 Å². The maximum absolute atomic E-state index is 12.4. The van der Waals surface area contributed by atoms with E-state index in [0.717, 1.165) is 35.2 Å². The third-order valence-electron chi connectivity index (χ3n) is 4.23. The Balaban J connectivity index is 1.75. The van der Waals surface area contributed by atoms with E-state index in [2.05, 4.69) is 29.5 Å². The molecular formula is C20H24N4O. The van der Waals surface area contributed by atoms with Crippen molar-refractivity contribution in [1.82, 2.24) is 15.1 Å². The number of nitrogens with zero attached hydrogens (tertiary/aromatic N) is 3. The number of benzene rings is 2. The van der Waals surface area contributed by atoms with Crippen molar-refractivity contribution in [3.8, 4) is 0 Å². The summed E-state index contributed by atoms with van der Waals surface area (Å²) < 4.78 is 2.02. The number of aryl methyl sites for hydroxylation is 1. The number of rotatable bonds is 6. The maximum atomic E-state index is 12.4. The zero-order valence-electron chi connectivity index (χ0n) is 15.0. The van der Waals surface area contributed by atoms with E-state index in [1.807, 2.05) is 60.1 Å². The molecular weight excluding hydrogens is 312 g/mol. The first-order valence-electron chi connectivity index (χ1n) is 8.60. The summed E-state index contributed by atoms with van der Waals surface area (Å²) in [6.45, 7) is 3.43. The molecule has 2 aromatic carbocycles. The highest BCUT2D eigenvalue weighted by Gasteiger charge is 2.12. The molecule has 1 N–H and O–H groups in total. The van der Waals surface area contributed by atoms with Gasteiger partial charge < -0.3 is 10.2 Å². The van der Waals surface area contributed by atoms with Gasteiger partial charge in [-0.15, -0.1) is 0 Å². The number of carbonyl (C=O) groups excluding carboxylic acids is 1. The predicted molar refractivity (Wildman–Crippen MR) is 102 cm³/mol. The summed E-state index contributed by atoms with van der Waals surface area (Å²) in [5.41, 5.74) is 3.75. The lowest BCUT2D eigenvalue weighted by Crippen LogP contribution is -2.23. The van der Waals surface area contributed by atoms with Gasteiger partial charge >= 0.3 is 0 Å². The van der Waals surface area contributed by atoms with Crippen molar-refractivity contribution in [3.05, 3.63) is 59.8 Å². The first kappa shape index (κ1) is 17.0. The van der Waals surface area contributed by atoms with Gasteiger partial charge in [-0.2, -0.15) is 5.10 Å².